The number of nitrogens with zero attached hydrogens (tertiary/aromatic N) is 2. The van der Waals surface area contributed by atoms with Crippen LogP contribution < -0.4 is 27.0 Å². The molecule has 0 spiro atoms. The van der Waals surface area contributed by atoms with E-state index in [1.165, 1.54) is 16.2 Å². The number of carbonyl (C=O) groups excluding carboxylic acids is 3. The molecular weight excluding hydrogens is 436 g/mol. The molecule has 7 N–H and O–H groups in total. The molecule has 0 saturated carbocycles. The predicted molar refractivity (Wildman–Crippen MR) is 120 cm³/mol. The molecule has 170 valence electrons. The number of carbonyl (C=O) groups is 4. The van der Waals surface area contributed by atoms with Crippen LogP contribution in [0.5, 0.6) is 0 Å². The molecule has 0 radical (unpaired) electrons. The predicted octanol–water partition coefficient (Wildman–Crippen LogP) is 0.282. The van der Waals surface area contributed by atoms with Crippen molar-refractivity contribution in [2.45, 2.75) is 25.4 Å². The molecule has 1 heterocycles. The number of rotatable bonds is 12. The van der Waals surface area contributed by atoms with Gasteiger partial charge in [-0.15, -0.1) is 11.3 Å². The Kier molecular flexibility index (Phi) is 9.17. The van der Waals surface area contributed by atoms with E-state index in [0.717, 1.165) is 4.88 Å². The Morgan fingerprint density at radius 1 is 1.19 bits per heavy atom. The summed E-state index contributed by atoms with van der Waals surface area (Å²) < 4.78 is 0. The second-order valence-corrected chi connectivity index (χ2v) is 7.65. The number of nitrogens with two attached hydrogens (primary N) is 2. The van der Waals surface area contributed by atoms with E-state index in [1.54, 1.807) is 24.3 Å². The molecule has 1 unspecified atom stereocenters. The summed E-state index contributed by atoms with van der Waals surface area (Å²) in [7, 11) is 0. The Labute approximate surface area is 188 Å². The highest BCUT2D eigenvalue weighted by atomic mass is 32.1. The van der Waals surface area contributed by atoms with Gasteiger partial charge in [-0.2, -0.15) is 0 Å². The molecule has 3 amide bonds. The van der Waals surface area contributed by atoms with Gasteiger partial charge in [-0.05, 0) is 35.7 Å². The van der Waals surface area contributed by atoms with Crippen molar-refractivity contribution in [1.82, 2.24) is 10.6 Å². The average Bonchev–Trinajstić information content (AvgIpc) is 3.26. The van der Waals surface area contributed by atoms with Crippen molar-refractivity contribution in [3.8, 4) is 0 Å². The molecule has 12 heteroatoms. The lowest BCUT2D eigenvalue weighted by molar-refractivity contribution is -0.140. The van der Waals surface area contributed by atoms with Crippen LogP contribution in [0.1, 0.15) is 17.7 Å². The van der Waals surface area contributed by atoms with Gasteiger partial charge >= 0.3 is 5.97 Å². The second-order valence-electron chi connectivity index (χ2n) is 6.62. The second kappa shape index (κ2) is 12.1. The number of guanidine groups is 1. The molecule has 1 aromatic carbocycles. The maximum absolute atomic E-state index is 12.4. The number of carboxylic acids is 1. The van der Waals surface area contributed by atoms with Crippen LogP contribution in [0.25, 0.3) is 0 Å². The molecule has 0 aliphatic carbocycles. The van der Waals surface area contributed by atoms with Crippen LogP contribution in [-0.2, 0) is 25.7 Å². The van der Waals surface area contributed by atoms with Crippen molar-refractivity contribution >= 4 is 52.9 Å². The topological polar surface area (TPSA) is 180 Å². The minimum atomic E-state index is -1.23. The zero-order chi connectivity index (χ0) is 23.5. The van der Waals surface area contributed by atoms with Crippen molar-refractivity contribution in [2.24, 2.45) is 16.5 Å². The first-order chi connectivity index (χ1) is 15.3. The number of carboxylic acid groups (broad SMARTS) is 1. The number of benzene rings is 1. The largest absolute Gasteiger partial charge is 0.481 e. The average molecular weight is 461 g/mol. The Morgan fingerprint density at radius 3 is 2.47 bits per heavy atom. The number of amides is 3. The fourth-order valence-corrected chi connectivity index (χ4v) is 3.34. The van der Waals surface area contributed by atoms with Crippen LogP contribution in [0, 0.1) is 0 Å². The minimum absolute atomic E-state index is 0.0214. The Bertz CT molecular complexity index is 957. The molecule has 0 aliphatic rings. The number of thiophene rings is 1. The Hall–Kier alpha value is -3.93. The third kappa shape index (κ3) is 8.07. The fourth-order valence-electron chi connectivity index (χ4n) is 2.69. The first kappa shape index (κ1) is 24.3. The van der Waals surface area contributed by atoms with Crippen LogP contribution >= 0.6 is 11.3 Å². The van der Waals surface area contributed by atoms with Gasteiger partial charge in [0.15, 0.2) is 5.96 Å². The molecule has 2 aromatic rings. The first-order valence-corrected chi connectivity index (χ1v) is 10.4. The fraction of sp³-hybridized carbons (Fsp3) is 0.250. The van der Waals surface area contributed by atoms with E-state index in [9.17, 15) is 19.2 Å². The van der Waals surface area contributed by atoms with Crippen molar-refractivity contribution in [3.05, 3.63) is 46.7 Å². The Morgan fingerprint density at radius 2 is 1.91 bits per heavy atom. The summed E-state index contributed by atoms with van der Waals surface area (Å²) in [6, 6.07) is 8.85. The SMILES string of the molecule is NC(N)=Nc1ccc(N(C=O)CCC(=O)NC(CC(=O)O)C(=O)NCc2cccs2)cc1. The zero-order valence-electron chi connectivity index (χ0n) is 17.1. The lowest BCUT2D eigenvalue weighted by atomic mass is 10.1. The van der Waals surface area contributed by atoms with Crippen LogP contribution in [-0.4, -0.2) is 47.8 Å². The van der Waals surface area contributed by atoms with Crippen molar-refractivity contribution in [3.63, 3.8) is 0 Å². The number of hydrogen-bond acceptors (Lipinski definition) is 6. The van der Waals surface area contributed by atoms with E-state index < -0.39 is 30.2 Å². The van der Waals surface area contributed by atoms with Gasteiger partial charge in [-0.3, -0.25) is 19.2 Å². The van der Waals surface area contributed by atoms with Gasteiger partial charge in [0.2, 0.25) is 18.2 Å². The highest BCUT2D eigenvalue weighted by molar-refractivity contribution is 7.09. The van der Waals surface area contributed by atoms with Crippen LogP contribution in [0.3, 0.4) is 0 Å². The van der Waals surface area contributed by atoms with Crippen LogP contribution in [0.2, 0.25) is 0 Å². The lowest BCUT2D eigenvalue weighted by Crippen LogP contribution is -2.48. The molecule has 0 bridgehead atoms. The van der Waals surface area contributed by atoms with Gasteiger partial charge in [0.25, 0.3) is 0 Å². The molecule has 0 fully saturated rings. The monoisotopic (exact) mass is 460 g/mol. The normalized spacial score (nSPS) is 11.1. The lowest BCUT2D eigenvalue weighted by Gasteiger charge is -2.19. The van der Waals surface area contributed by atoms with Crippen molar-refractivity contribution in [2.75, 3.05) is 11.4 Å². The maximum atomic E-state index is 12.4. The van der Waals surface area contributed by atoms with E-state index >= 15 is 0 Å². The highest BCUT2D eigenvalue weighted by Crippen LogP contribution is 2.19. The summed E-state index contributed by atoms with van der Waals surface area (Å²) in [5.41, 5.74) is 11.6. The quantitative estimate of drug-likeness (QED) is 0.171. The van der Waals surface area contributed by atoms with E-state index in [4.69, 9.17) is 16.6 Å². The summed E-state index contributed by atoms with van der Waals surface area (Å²) in [6.07, 6.45) is -0.139. The van der Waals surface area contributed by atoms with E-state index in [2.05, 4.69) is 15.6 Å². The number of aliphatic carboxylic acids is 1. The maximum Gasteiger partial charge on any atom is 0.305 e. The summed E-state index contributed by atoms with van der Waals surface area (Å²) in [4.78, 5) is 53.3. The zero-order valence-corrected chi connectivity index (χ0v) is 17.9. The smallest absolute Gasteiger partial charge is 0.305 e. The standard InChI is InChI=1S/C20H24N6O5S/c21-20(22)24-13-3-5-14(6-4-13)26(12-27)8-7-17(28)25-16(10-18(29)30)19(31)23-11-15-2-1-9-32-15/h1-6,9,12,16H,7-8,10-11H2,(H,23,31)(H,25,28)(H,29,30)(H4,21,22,24). The Balaban J connectivity index is 1.92. The molecule has 32 heavy (non-hydrogen) atoms. The van der Waals surface area contributed by atoms with Gasteiger partial charge in [-0.1, -0.05) is 6.07 Å². The molecule has 0 saturated heterocycles. The first-order valence-electron chi connectivity index (χ1n) is 9.51. The van der Waals surface area contributed by atoms with Crippen LogP contribution in [0.4, 0.5) is 11.4 Å². The molecule has 0 aliphatic heterocycles. The molecule has 1 aromatic heterocycles. The van der Waals surface area contributed by atoms with Gasteiger partial charge in [0.1, 0.15) is 6.04 Å². The third-order valence-corrected chi connectivity index (χ3v) is 5.07. The number of nitrogens with one attached hydrogen (secondary N) is 2. The summed E-state index contributed by atoms with van der Waals surface area (Å²) in [5, 5.41) is 16.0. The van der Waals surface area contributed by atoms with Gasteiger partial charge < -0.3 is 32.1 Å². The van der Waals surface area contributed by atoms with E-state index in [1.807, 2.05) is 17.5 Å². The van der Waals surface area contributed by atoms with Gasteiger partial charge in [0.05, 0.1) is 18.7 Å². The summed E-state index contributed by atoms with van der Waals surface area (Å²) in [5.74, 6) is -2.49. The highest BCUT2D eigenvalue weighted by Gasteiger charge is 2.24. The summed E-state index contributed by atoms with van der Waals surface area (Å²) in [6.45, 7) is 0.255. The van der Waals surface area contributed by atoms with Gasteiger partial charge in [-0.25, -0.2) is 4.99 Å². The third-order valence-electron chi connectivity index (χ3n) is 4.19. The van der Waals surface area contributed by atoms with Crippen molar-refractivity contribution in [1.29, 1.82) is 0 Å². The summed E-state index contributed by atoms with van der Waals surface area (Å²) >= 11 is 1.44. The molecule has 11 nitrogen and oxygen atoms in total. The number of hydrogen-bond donors (Lipinski definition) is 5. The van der Waals surface area contributed by atoms with Crippen LogP contribution in [0.15, 0.2) is 46.8 Å². The number of anilines is 1. The van der Waals surface area contributed by atoms with Gasteiger partial charge in [0, 0.05) is 23.5 Å². The number of aliphatic imine (C=N–C) groups is 1. The molecule has 1 atom stereocenters. The molecule has 2 rings (SSSR count). The van der Waals surface area contributed by atoms with Crippen molar-refractivity contribution < 1.29 is 24.3 Å². The van der Waals surface area contributed by atoms with E-state index in [0.29, 0.717) is 17.8 Å². The van der Waals surface area contributed by atoms with E-state index in [-0.39, 0.29) is 25.5 Å². The molecular formula is C20H24N6O5S. The minimum Gasteiger partial charge on any atom is -0.481 e.